The van der Waals surface area contributed by atoms with Crippen LogP contribution in [0.5, 0.6) is 0 Å². The Morgan fingerprint density at radius 2 is 2.24 bits per heavy atom. The van der Waals surface area contributed by atoms with Gasteiger partial charge in [-0.15, -0.1) is 6.42 Å². The van der Waals surface area contributed by atoms with E-state index in [9.17, 15) is 0 Å². The van der Waals surface area contributed by atoms with Gasteiger partial charge in [0.15, 0.2) is 0 Å². The van der Waals surface area contributed by atoms with E-state index in [4.69, 9.17) is 12.2 Å². The summed E-state index contributed by atoms with van der Waals surface area (Å²) >= 11 is 0. The normalized spacial score (nSPS) is 13.9. The minimum absolute atomic E-state index is 0.457. The first-order chi connectivity index (χ1) is 10.1. The summed E-state index contributed by atoms with van der Waals surface area (Å²) in [5.74, 6) is 4.13. The van der Waals surface area contributed by atoms with Crippen LogP contribution in [0, 0.1) is 19.3 Å². The van der Waals surface area contributed by atoms with E-state index in [0.29, 0.717) is 12.4 Å². The molecule has 0 saturated carbocycles. The number of terminal acetylenes is 1. The fraction of sp³-hybridized carbons (Fsp3) is 0.353. The molecule has 0 saturated heterocycles. The van der Waals surface area contributed by atoms with Crippen LogP contribution >= 0.6 is 0 Å². The van der Waals surface area contributed by atoms with Gasteiger partial charge in [0, 0.05) is 24.8 Å². The van der Waals surface area contributed by atoms with Gasteiger partial charge in [-0.2, -0.15) is 0 Å². The third-order valence-electron chi connectivity index (χ3n) is 4.15. The van der Waals surface area contributed by atoms with E-state index in [1.165, 1.54) is 17.7 Å². The lowest BCUT2D eigenvalue weighted by atomic mass is 9.98. The second kappa shape index (κ2) is 5.17. The van der Waals surface area contributed by atoms with E-state index in [-0.39, 0.29) is 0 Å². The molecule has 0 bridgehead atoms. The maximum atomic E-state index is 6.22. The predicted octanol–water partition coefficient (Wildman–Crippen LogP) is 2.46. The Bertz CT molecular complexity index is 721. The van der Waals surface area contributed by atoms with Crippen molar-refractivity contribution in [2.45, 2.75) is 26.3 Å². The Morgan fingerprint density at radius 3 is 3.00 bits per heavy atom. The molecular weight excluding hydrogens is 260 g/mol. The Labute approximate surface area is 125 Å². The molecule has 1 aromatic carbocycles. The maximum Gasteiger partial charge on any atom is 0.132 e. The topological polar surface area (TPSA) is 47.1 Å². The average Bonchev–Trinajstić information content (AvgIpc) is 2.76. The average molecular weight is 280 g/mol. The number of imidazole rings is 1. The van der Waals surface area contributed by atoms with Crippen LogP contribution in [0.4, 0.5) is 11.5 Å². The van der Waals surface area contributed by atoms with Crippen molar-refractivity contribution in [3.63, 3.8) is 0 Å². The second-order valence-electron chi connectivity index (χ2n) is 5.55. The Kier molecular flexibility index (Phi) is 3.34. The monoisotopic (exact) mass is 280 g/mol. The Morgan fingerprint density at radius 1 is 1.43 bits per heavy atom. The van der Waals surface area contributed by atoms with Crippen LogP contribution in [0.3, 0.4) is 0 Å². The van der Waals surface area contributed by atoms with Crippen LogP contribution in [-0.4, -0.2) is 23.1 Å². The van der Waals surface area contributed by atoms with Gasteiger partial charge in [-0.05, 0) is 37.5 Å². The van der Waals surface area contributed by atoms with Crippen LogP contribution in [-0.2, 0) is 13.0 Å². The van der Waals surface area contributed by atoms with Crippen molar-refractivity contribution in [3.05, 3.63) is 29.6 Å². The lowest BCUT2D eigenvalue weighted by Crippen LogP contribution is -2.24. The van der Waals surface area contributed by atoms with Crippen molar-refractivity contribution in [1.29, 1.82) is 0 Å². The molecule has 108 valence electrons. The minimum atomic E-state index is 0.457. The molecule has 0 atom stereocenters. The molecule has 1 aliphatic rings. The number of fused-ring (bicyclic) bond motifs is 1. The predicted molar refractivity (Wildman–Crippen MR) is 87.2 cm³/mol. The first-order valence-electron chi connectivity index (χ1n) is 7.22. The first kappa shape index (κ1) is 13.6. The zero-order chi connectivity index (χ0) is 15.0. The van der Waals surface area contributed by atoms with Gasteiger partial charge < -0.3 is 15.2 Å². The molecule has 3 rings (SSSR count). The number of nitrogen functional groups attached to an aromatic ring is 1. The number of aromatic nitrogens is 2. The van der Waals surface area contributed by atoms with Gasteiger partial charge in [0.05, 0.1) is 6.54 Å². The number of aryl methyl sites for hydroxylation is 2. The maximum absolute atomic E-state index is 6.22. The summed E-state index contributed by atoms with van der Waals surface area (Å²) < 4.78 is 1.88. The van der Waals surface area contributed by atoms with Crippen LogP contribution < -0.4 is 10.6 Å². The summed E-state index contributed by atoms with van der Waals surface area (Å²) in [6.07, 6.45) is 7.69. The van der Waals surface area contributed by atoms with Crippen molar-refractivity contribution in [2.75, 3.05) is 24.2 Å². The molecule has 0 radical (unpaired) electrons. The molecule has 2 aromatic rings. The fourth-order valence-corrected chi connectivity index (χ4v) is 3.02. The smallest absolute Gasteiger partial charge is 0.132 e. The van der Waals surface area contributed by atoms with Gasteiger partial charge in [-0.1, -0.05) is 12.0 Å². The Hall–Kier alpha value is -2.41. The molecule has 21 heavy (non-hydrogen) atoms. The highest BCUT2D eigenvalue weighted by atomic mass is 15.1. The zero-order valence-corrected chi connectivity index (χ0v) is 12.6. The van der Waals surface area contributed by atoms with Gasteiger partial charge in [-0.25, -0.2) is 4.98 Å². The lowest BCUT2D eigenvalue weighted by Gasteiger charge is -2.27. The number of benzene rings is 1. The van der Waals surface area contributed by atoms with Crippen LogP contribution in [0.25, 0.3) is 11.3 Å². The van der Waals surface area contributed by atoms with E-state index in [0.717, 1.165) is 30.0 Å². The Balaban J connectivity index is 2.06. The third-order valence-corrected chi connectivity index (χ3v) is 4.15. The molecule has 0 fully saturated rings. The molecule has 1 aliphatic heterocycles. The van der Waals surface area contributed by atoms with Gasteiger partial charge >= 0.3 is 0 Å². The van der Waals surface area contributed by atoms with Gasteiger partial charge in [0.1, 0.15) is 17.3 Å². The van der Waals surface area contributed by atoms with Gasteiger partial charge in [0.2, 0.25) is 0 Å². The third kappa shape index (κ3) is 2.25. The summed E-state index contributed by atoms with van der Waals surface area (Å²) in [6.45, 7) is 3.51. The molecule has 0 unspecified atom stereocenters. The van der Waals surface area contributed by atoms with E-state index >= 15 is 0 Å². The fourth-order valence-electron chi connectivity index (χ4n) is 3.02. The molecule has 0 aliphatic carbocycles. The largest absolute Gasteiger partial charge is 0.383 e. The van der Waals surface area contributed by atoms with Crippen LogP contribution in [0.2, 0.25) is 0 Å². The highest BCUT2D eigenvalue weighted by Gasteiger charge is 2.17. The quantitative estimate of drug-likeness (QED) is 0.860. The molecule has 0 spiro atoms. The minimum Gasteiger partial charge on any atom is -0.383 e. The summed E-state index contributed by atoms with van der Waals surface area (Å²) in [5.41, 5.74) is 10.8. The molecule has 1 aromatic heterocycles. The number of anilines is 2. The molecule has 2 heterocycles. The lowest BCUT2D eigenvalue weighted by molar-refractivity contribution is 0.745. The molecule has 2 N–H and O–H groups in total. The van der Waals surface area contributed by atoms with Crippen molar-refractivity contribution in [3.8, 4) is 23.6 Å². The zero-order valence-electron chi connectivity index (χ0n) is 12.6. The van der Waals surface area contributed by atoms with Gasteiger partial charge in [-0.3, -0.25) is 0 Å². The highest BCUT2D eigenvalue weighted by molar-refractivity contribution is 5.74. The SMILES string of the molecule is C#CCn1c(C)nc(-c2ccc3c(c2)CCCN3C)c1N. The standard InChI is InChI=1S/C17H20N4/c1-4-9-21-12(2)19-16(17(21)18)14-7-8-15-13(11-14)6-5-10-20(15)3/h1,7-8,11H,5-6,9-10,18H2,2-3H3. The second-order valence-corrected chi connectivity index (χ2v) is 5.55. The molecule has 4 heteroatoms. The number of nitrogens with zero attached hydrogens (tertiary/aromatic N) is 3. The van der Waals surface area contributed by atoms with Crippen LogP contribution in [0.15, 0.2) is 18.2 Å². The summed E-state index contributed by atoms with van der Waals surface area (Å²) in [7, 11) is 2.14. The van der Waals surface area contributed by atoms with Crippen molar-refractivity contribution >= 4 is 11.5 Å². The molecule has 0 amide bonds. The number of hydrogen-bond acceptors (Lipinski definition) is 3. The first-order valence-corrected chi connectivity index (χ1v) is 7.22. The summed E-state index contributed by atoms with van der Waals surface area (Å²) in [4.78, 5) is 6.90. The number of hydrogen-bond donors (Lipinski definition) is 1. The molecular formula is C17H20N4. The van der Waals surface area contributed by atoms with Gasteiger partial charge in [0.25, 0.3) is 0 Å². The van der Waals surface area contributed by atoms with E-state index in [1.807, 2.05) is 11.5 Å². The van der Waals surface area contributed by atoms with Crippen LogP contribution in [0.1, 0.15) is 17.8 Å². The van der Waals surface area contributed by atoms with E-state index in [1.54, 1.807) is 0 Å². The van der Waals surface area contributed by atoms with Crippen molar-refractivity contribution in [1.82, 2.24) is 9.55 Å². The number of rotatable bonds is 2. The van der Waals surface area contributed by atoms with Crippen molar-refractivity contribution < 1.29 is 0 Å². The van der Waals surface area contributed by atoms with E-state index in [2.05, 4.69) is 41.1 Å². The van der Waals surface area contributed by atoms with E-state index < -0.39 is 0 Å². The summed E-state index contributed by atoms with van der Waals surface area (Å²) in [5, 5.41) is 0. The number of nitrogens with two attached hydrogens (primary N) is 1. The van der Waals surface area contributed by atoms with Crippen molar-refractivity contribution in [2.24, 2.45) is 0 Å². The highest BCUT2D eigenvalue weighted by Crippen LogP contribution is 2.33. The molecule has 4 nitrogen and oxygen atoms in total. The summed E-state index contributed by atoms with van der Waals surface area (Å²) in [6, 6.07) is 6.47.